The number of carboxylic acid groups (broad SMARTS) is 1. The molecule has 16 heavy (non-hydrogen) atoms. The predicted octanol–water partition coefficient (Wildman–Crippen LogP) is 1.73. The minimum atomic E-state index is -1.08. The number of phenols is 1. The number of carbonyl (C=O) groups is 1. The molecule has 0 radical (unpaired) electrons. The summed E-state index contributed by atoms with van der Waals surface area (Å²) in [5, 5.41) is 19.2. The molecule has 0 aromatic heterocycles. The smallest absolute Gasteiger partial charge is 0.332 e. The Morgan fingerprint density at radius 2 is 2.19 bits per heavy atom. The summed E-state index contributed by atoms with van der Waals surface area (Å²) in [4.78, 5) is 15.2. The molecule has 0 aliphatic carbocycles. The molecule has 1 aromatic rings. The molecule has 5 heteroatoms. The third-order valence-corrected chi connectivity index (χ3v) is 3.72. The van der Waals surface area contributed by atoms with Gasteiger partial charge in [0.05, 0.1) is 0 Å². The van der Waals surface area contributed by atoms with E-state index in [1.807, 2.05) is 0 Å². The van der Waals surface area contributed by atoms with Gasteiger partial charge in [-0.1, -0.05) is 12.1 Å². The van der Waals surface area contributed by atoms with Crippen LogP contribution in [-0.2, 0) is 4.79 Å². The Hall–Kier alpha value is -1.49. The fraction of sp³-hybridized carbons (Fsp3) is 0.273. The van der Waals surface area contributed by atoms with Crippen LogP contribution >= 0.6 is 11.8 Å². The van der Waals surface area contributed by atoms with Gasteiger partial charge in [0.1, 0.15) is 10.8 Å². The van der Waals surface area contributed by atoms with Crippen molar-refractivity contribution in [2.24, 2.45) is 4.99 Å². The number of rotatable bonds is 2. The molecule has 1 aromatic carbocycles. The number of hydrogen-bond acceptors (Lipinski definition) is 4. The molecular formula is C11H11NO3S. The van der Waals surface area contributed by atoms with E-state index in [0.717, 1.165) is 0 Å². The normalized spacial score (nSPS) is 24.2. The molecule has 84 valence electrons. The number of aliphatic imine (C=N–C) groups is 1. The molecule has 1 heterocycles. The molecule has 0 saturated heterocycles. The Morgan fingerprint density at radius 3 is 2.75 bits per heavy atom. The van der Waals surface area contributed by atoms with Crippen molar-refractivity contribution < 1.29 is 15.0 Å². The van der Waals surface area contributed by atoms with Crippen LogP contribution in [0.4, 0.5) is 0 Å². The average molecular weight is 237 g/mol. The summed E-state index contributed by atoms with van der Waals surface area (Å²) < 4.78 is 0. The lowest BCUT2D eigenvalue weighted by atomic mass is 10.1. The highest BCUT2D eigenvalue weighted by Gasteiger charge is 2.38. The van der Waals surface area contributed by atoms with E-state index < -0.39 is 11.5 Å². The first-order valence-corrected chi connectivity index (χ1v) is 5.76. The number of benzene rings is 1. The zero-order chi connectivity index (χ0) is 11.8. The van der Waals surface area contributed by atoms with E-state index in [-0.39, 0.29) is 5.75 Å². The maximum atomic E-state index is 11.0. The average Bonchev–Trinajstić information content (AvgIpc) is 2.63. The van der Waals surface area contributed by atoms with Gasteiger partial charge in [-0.3, -0.25) is 4.99 Å². The first kappa shape index (κ1) is 11.0. The molecular weight excluding hydrogens is 226 g/mol. The number of nitrogens with zero attached hydrogens (tertiary/aromatic N) is 1. The zero-order valence-electron chi connectivity index (χ0n) is 8.67. The Kier molecular flexibility index (Phi) is 2.63. The van der Waals surface area contributed by atoms with Gasteiger partial charge in [0.25, 0.3) is 0 Å². The van der Waals surface area contributed by atoms with Gasteiger partial charge >= 0.3 is 5.97 Å². The molecule has 0 fully saturated rings. The summed E-state index contributed by atoms with van der Waals surface area (Å²) in [7, 11) is 0. The van der Waals surface area contributed by atoms with Gasteiger partial charge in [0, 0.05) is 11.3 Å². The number of para-hydroxylation sites is 1. The van der Waals surface area contributed by atoms with Crippen LogP contribution in [0.15, 0.2) is 29.3 Å². The largest absolute Gasteiger partial charge is 0.507 e. The minimum absolute atomic E-state index is 0.128. The van der Waals surface area contributed by atoms with Gasteiger partial charge in [0.2, 0.25) is 0 Å². The molecule has 0 saturated carbocycles. The Morgan fingerprint density at radius 1 is 1.50 bits per heavy atom. The van der Waals surface area contributed by atoms with E-state index in [0.29, 0.717) is 16.4 Å². The number of thioether (sulfide) groups is 1. The van der Waals surface area contributed by atoms with E-state index in [9.17, 15) is 9.90 Å². The molecule has 4 nitrogen and oxygen atoms in total. The second-order valence-electron chi connectivity index (χ2n) is 3.80. The van der Waals surface area contributed by atoms with E-state index in [2.05, 4.69) is 4.99 Å². The molecule has 0 spiro atoms. The van der Waals surface area contributed by atoms with Crippen molar-refractivity contribution in [2.45, 2.75) is 12.5 Å². The zero-order valence-corrected chi connectivity index (χ0v) is 9.49. The number of aromatic hydroxyl groups is 1. The topological polar surface area (TPSA) is 69.9 Å². The monoisotopic (exact) mass is 237 g/mol. The second-order valence-corrected chi connectivity index (χ2v) is 4.77. The molecule has 1 aliphatic heterocycles. The Labute approximate surface area is 97.0 Å². The Bertz CT molecular complexity index is 472. The quantitative estimate of drug-likeness (QED) is 0.821. The van der Waals surface area contributed by atoms with E-state index in [1.165, 1.54) is 11.8 Å². The summed E-state index contributed by atoms with van der Waals surface area (Å²) in [6.07, 6.45) is 0. The highest BCUT2D eigenvalue weighted by molar-refractivity contribution is 8.14. The molecule has 0 unspecified atom stereocenters. The SMILES string of the molecule is C[C@@]1(C(=O)O)CSC(c2ccccc2O)=N1. The fourth-order valence-electron chi connectivity index (χ4n) is 1.40. The van der Waals surface area contributed by atoms with Crippen LogP contribution in [0.25, 0.3) is 0 Å². The van der Waals surface area contributed by atoms with Crippen LogP contribution in [0.3, 0.4) is 0 Å². The van der Waals surface area contributed by atoms with Crippen LogP contribution < -0.4 is 0 Å². The maximum Gasteiger partial charge on any atom is 0.332 e. The third-order valence-electron chi connectivity index (χ3n) is 2.43. The number of carboxylic acids is 1. The first-order chi connectivity index (χ1) is 7.53. The van der Waals surface area contributed by atoms with Gasteiger partial charge in [-0.2, -0.15) is 0 Å². The van der Waals surface area contributed by atoms with Crippen molar-refractivity contribution in [3.8, 4) is 5.75 Å². The Balaban J connectivity index is 2.39. The summed E-state index contributed by atoms with van der Waals surface area (Å²) in [5.41, 5.74) is -0.486. The minimum Gasteiger partial charge on any atom is -0.507 e. The predicted molar refractivity (Wildman–Crippen MR) is 63.1 cm³/mol. The van der Waals surface area contributed by atoms with Crippen LogP contribution in [-0.4, -0.2) is 32.5 Å². The van der Waals surface area contributed by atoms with E-state index in [1.54, 1.807) is 31.2 Å². The summed E-state index contributed by atoms with van der Waals surface area (Å²) in [6, 6.07) is 6.80. The van der Waals surface area contributed by atoms with Crippen molar-refractivity contribution >= 4 is 22.8 Å². The van der Waals surface area contributed by atoms with Crippen LogP contribution in [0, 0.1) is 0 Å². The van der Waals surface area contributed by atoms with Crippen LogP contribution in [0.5, 0.6) is 5.75 Å². The molecule has 0 bridgehead atoms. The fourth-order valence-corrected chi connectivity index (χ4v) is 2.60. The number of aliphatic carboxylic acids is 1. The van der Waals surface area contributed by atoms with Gasteiger partial charge < -0.3 is 10.2 Å². The van der Waals surface area contributed by atoms with Crippen molar-refractivity contribution in [1.29, 1.82) is 0 Å². The second kappa shape index (κ2) is 3.83. The number of phenolic OH excluding ortho intramolecular Hbond substituents is 1. The first-order valence-electron chi connectivity index (χ1n) is 4.77. The lowest BCUT2D eigenvalue weighted by molar-refractivity contribution is -0.141. The highest BCUT2D eigenvalue weighted by Crippen LogP contribution is 2.33. The van der Waals surface area contributed by atoms with Crippen molar-refractivity contribution in [3.63, 3.8) is 0 Å². The van der Waals surface area contributed by atoms with Gasteiger partial charge in [-0.15, -0.1) is 11.8 Å². The van der Waals surface area contributed by atoms with E-state index in [4.69, 9.17) is 5.11 Å². The molecule has 0 amide bonds. The highest BCUT2D eigenvalue weighted by atomic mass is 32.2. The van der Waals surface area contributed by atoms with Gasteiger partial charge in [0.15, 0.2) is 5.54 Å². The molecule has 1 atom stereocenters. The van der Waals surface area contributed by atoms with Crippen LogP contribution in [0.2, 0.25) is 0 Å². The summed E-state index contributed by atoms with van der Waals surface area (Å²) >= 11 is 1.35. The van der Waals surface area contributed by atoms with Crippen molar-refractivity contribution in [1.82, 2.24) is 0 Å². The lowest BCUT2D eigenvalue weighted by Crippen LogP contribution is -2.33. The van der Waals surface area contributed by atoms with Crippen LogP contribution in [0.1, 0.15) is 12.5 Å². The molecule has 2 rings (SSSR count). The lowest BCUT2D eigenvalue weighted by Gasteiger charge is -2.11. The van der Waals surface area contributed by atoms with Crippen molar-refractivity contribution in [2.75, 3.05) is 5.75 Å². The number of hydrogen-bond donors (Lipinski definition) is 2. The summed E-state index contributed by atoms with van der Waals surface area (Å²) in [6.45, 7) is 1.58. The van der Waals surface area contributed by atoms with E-state index >= 15 is 0 Å². The summed E-state index contributed by atoms with van der Waals surface area (Å²) in [5.74, 6) is -0.416. The third kappa shape index (κ3) is 1.78. The van der Waals surface area contributed by atoms with Gasteiger partial charge in [-0.25, -0.2) is 4.79 Å². The maximum absolute atomic E-state index is 11.0. The van der Waals surface area contributed by atoms with Gasteiger partial charge in [-0.05, 0) is 19.1 Å². The van der Waals surface area contributed by atoms with Crippen molar-refractivity contribution in [3.05, 3.63) is 29.8 Å². The standard InChI is InChI=1S/C11H11NO3S/c1-11(10(14)15)6-16-9(12-11)7-4-2-3-5-8(7)13/h2-5,13H,6H2,1H3,(H,14,15)/t11-/m0/s1. The molecule has 1 aliphatic rings. The molecule has 2 N–H and O–H groups in total.